The summed E-state index contributed by atoms with van der Waals surface area (Å²) >= 11 is 5.77. The van der Waals surface area contributed by atoms with Crippen LogP contribution in [0.25, 0.3) is 0 Å². The predicted molar refractivity (Wildman–Crippen MR) is 65.2 cm³/mol. The SMILES string of the molecule is C=C(N)/C=C(/C)N(N)c1ccc(Cl)cc1. The number of allylic oxidation sites excluding steroid dienone is 2. The van der Waals surface area contributed by atoms with Gasteiger partial charge in [-0.05, 0) is 37.3 Å². The summed E-state index contributed by atoms with van der Waals surface area (Å²) in [5.41, 5.74) is 7.58. The maximum atomic E-state index is 5.86. The van der Waals surface area contributed by atoms with Crippen molar-refractivity contribution < 1.29 is 0 Å². The van der Waals surface area contributed by atoms with Crippen molar-refractivity contribution in [2.45, 2.75) is 6.92 Å². The van der Waals surface area contributed by atoms with Crippen LogP contribution < -0.4 is 16.6 Å². The minimum absolute atomic E-state index is 0.469. The van der Waals surface area contributed by atoms with E-state index in [0.29, 0.717) is 10.7 Å². The van der Waals surface area contributed by atoms with Gasteiger partial charge in [-0.1, -0.05) is 18.2 Å². The molecule has 0 aliphatic heterocycles. The maximum absolute atomic E-state index is 5.86. The first-order chi connectivity index (χ1) is 7.00. The Labute approximate surface area is 94.6 Å². The summed E-state index contributed by atoms with van der Waals surface area (Å²) in [6.45, 7) is 5.44. The second-order valence-electron chi connectivity index (χ2n) is 3.21. The molecule has 0 aliphatic rings. The fraction of sp³-hybridized carbons (Fsp3) is 0.0909. The summed E-state index contributed by atoms with van der Waals surface area (Å²) in [7, 11) is 0. The van der Waals surface area contributed by atoms with Crippen LogP contribution in [0.5, 0.6) is 0 Å². The summed E-state index contributed by atoms with van der Waals surface area (Å²) in [4.78, 5) is 0. The molecule has 0 aromatic heterocycles. The molecule has 0 spiro atoms. The van der Waals surface area contributed by atoms with Crippen molar-refractivity contribution in [3.05, 3.63) is 53.3 Å². The molecule has 1 aromatic carbocycles. The number of rotatable bonds is 3. The summed E-state index contributed by atoms with van der Waals surface area (Å²) in [5.74, 6) is 5.86. The number of anilines is 1. The number of hydrazine groups is 1. The molecule has 4 heteroatoms. The van der Waals surface area contributed by atoms with Crippen LogP contribution in [-0.2, 0) is 0 Å². The first-order valence-electron chi connectivity index (χ1n) is 4.44. The van der Waals surface area contributed by atoms with Gasteiger partial charge in [-0.3, -0.25) is 5.01 Å². The van der Waals surface area contributed by atoms with E-state index >= 15 is 0 Å². The first-order valence-corrected chi connectivity index (χ1v) is 4.81. The van der Waals surface area contributed by atoms with E-state index in [0.717, 1.165) is 11.4 Å². The van der Waals surface area contributed by atoms with Crippen molar-refractivity contribution in [3.63, 3.8) is 0 Å². The molecule has 1 rings (SSSR count). The second-order valence-corrected chi connectivity index (χ2v) is 3.64. The predicted octanol–water partition coefficient (Wildman–Crippen LogP) is 2.40. The smallest absolute Gasteiger partial charge is 0.0572 e. The van der Waals surface area contributed by atoms with Crippen LogP contribution in [0.2, 0.25) is 5.02 Å². The Morgan fingerprint density at radius 3 is 2.40 bits per heavy atom. The summed E-state index contributed by atoms with van der Waals surface area (Å²) < 4.78 is 0. The van der Waals surface area contributed by atoms with E-state index < -0.39 is 0 Å². The van der Waals surface area contributed by atoms with Gasteiger partial charge in [0.1, 0.15) is 0 Å². The van der Waals surface area contributed by atoms with Gasteiger partial charge in [-0.25, -0.2) is 5.84 Å². The van der Waals surface area contributed by atoms with E-state index in [1.165, 1.54) is 5.01 Å². The Morgan fingerprint density at radius 1 is 1.40 bits per heavy atom. The van der Waals surface area contributed by atoms with E-state index in [1.807, 2.05) is 19.1 Å². The normalized spacial score (nSPS) is 11.3. The van der Waals surface area contributed by atoms with Gasteiger partial charge in [0.25, 0.3) is 0 Å². The lowest BCUT2D eigenvalue weighted by Gasteiger charge is -2.19. The van der Waals surface area contributed by atoms with Gasteiger partial charge in [-0.2, -0.15) is 0 Å². The first kappa shape index (κ1) is 11.6. The highest BCUT2D eigenvalue weighted by atomic mass is 35.5. The molecule has 0 bridgehead atoms. The van der Waals surface area contributed by atoms with Crippen LogP contribution in [0.3, 0.4) is 0 Å². The molecule has 15 heavy (non-hydrogen) atoms. The Bertz CT molecular complexity index is 381. The fourth-order valence-electron chi connectivity index (χ4n) is 1.14. The third-order valence-corrected chi connectivity index (χ3v) is 2.13. The Hall–Kier alpha value is -1.45. The second kappa shape index (κ2) is 4.87. The highest BCUT2D eigenvalue weighted by Gasteiger charge is 2.02. The van der Waals surface area contributed by atoms with Crippen LogP contribution in [-0.4, -0.2) is 0 Å². The van der Waals surface area contributed by atoms with Crippen molar-refractivity contribution in [1.82, 2.24) is 0 Å². The van der Waals surface area contributed by atoms with Gasteiger partial charge in [-0.15, -0.1) is 0 Å². The molecule has 0 heterocycles. The molecule has 0 saturated carbocycles. The lowest BCUT2D eigenvalue weighted by atomic mass is 10.3. The van der Waals surface area contributed by atoms with Gasteiger partial charge in [0.05, 0.1) is 5.69 Å². The average molecular weight is 224 g/mol. The summed E-state index contributed by atoms with van der Waals surface area (Å²) in [6, 6.07) is 7.22. The van der Waals surface area contributed by atoms with Gasteiger partial charge in [0.15, 0.2) is 0 Å². The van der Waals surface area contributed by atoms with Crippen LogP contribution in [0.1, 0.15) is 6.92 Å². The fourth-order valence-corrected chi connectivity index (χ4v) is 1.27. The van der Waals surface area contributed by atoms with E-state index in [1.54, 1.807) is 18.2 Å². The molecule has 0 radical (unpaired) electrons. The molecule has 0 unspecified atom stereocenters. The van der Waals surface area contributed by atoms with Gasteiger partial charge in [0, 0.05) is 16.4 Å². The van der Waals surface area contributed by atoms with E-state index in [9.17, 15) is 0 Å². The molecule has 80 valence electrons. The Balaban J connectivity index is 2.89. The minimum atomic E-state index is 0.469. The highest BCUT2D eigenvalue weighted by molar-refractivity contribution is 6.30. The molecule has 0 saturated heterocycles. The lowest BCUT2D eigenvalue weighted by molar-refractivity contribution is 0.991. The van der Waals surface area contributed by atoms with E-state index in [2.05, 4.69) is 6.58 Å². The molecular weight excluding hydrogens is 210 g/mol. The third kappa shape index (κ3) is 3.31. The van der Waals surface area contributed by atoms with Crippen LogP contribution >= 0.6 is 11.6 Å². The average Bonchev–Trinajstić information content (AvgIpc) is 2.17. The zero-order chi connectivity index (χ0) is 11.4. The number of benzene rings is 1. The molecule has 0 amide bonds. The largest absolute Gasteiger partial charge is 0.399 e. The quantitative estimate of drug-likeness (QED) is 0.470. The van der Waals surface area contributed by atoms with Crippen LogP contribution in [0.15, 0.2) is 48.3 Å². The van der Waals surface area contributed by atoms with Crippen molar-refractivity contribution in [1.29, 1.82) is 0 Å². The van der Waals surface area contributed by atoms with E-state index in [-0.39, 0.29) is 0 Å². The lowest BCUT2D eigenvalue weighted by Crippen LogP contribution is -2.28. The molecule has 0 aliphatic carbocycles. The van der Waals surface area contributed by atoms with Crippen LogP contribution in [0, 0.1) is 0 Å². The van der Waals surface area contributed by atoms with Gasteiger partial charge >= 0.3 is 0 Å². The van der Waals surface area contributed by atoms with Crippen molar-refractivity contribution >= 4 is 17.3 Å². The van der Waals surface area contributed by atoms with Crippen molar-refractivity contribution in [2.75, 3.05) is 5.01 Å². The summed E-state index contributed by atoms with van der Waals surface area (Å²) in [6.07, 6.45) is 1.70. The number of halogens is 1. The maximum Gasteiger partial charge on any atom is 0.0572 e. The van der Waals surface area contributed by atoms with Gasteiger partial charge in [0.2, 0.25) is 0 Å². The minimum Gasteiger partial charge on any atom is -0.399 e. The number of nitrogens with two attached hydrogens (primary N) is 2. The van der Waals surface area contributed by atoms with Crippen molar-refractivity contribution in [3.8, 4) is 0 Å². The number of hydrogen-bond acceptors (Lipinski definition) is 3. The van der Waals surface area contributed by atoms with Crippen LogP contribution in [0.4, 0.5) is 5.69 Å². The Morgan fingerprint density at radius 2 is 1.93 bits per heavy atom. The zero-order valence-electron chi connectivity index (χ0n) is 8.57. The molecule has 4 N–H and O–H groups in total. The molecule has 1 aromatic rings. The molecular formula is C11H14ClN3. The van der Waals surface area contributed by atoms with Crippen molar-refractivity contribution in [2.24, 2.45) is 11.6 Å². The Kier molecular flexibility index (Phi) is 3.77. The molecule has 0 atom stereocenters. The topological polar surface area (TPSA) is 55.3 Å². The monoisotopic (exact) mass is 223 g/mol. The zero-order valence-corrected chi connectivity index (χ0v) is 9.33. The number of nitrogens with zero attached hydrogens (tertiary/aromatic N) is 1. The highest BCUT2D eigenvalue weighted by Crippen LogP contribution is 2.18. The standard InChI is InChI=1S/C11H14ClN3/c1-8(13)7-9(2)15(14)11-5-3-10(12)4-6-11/h3-7H,1,13-14H2,2H3/b9-7-. The van der Waals surface area contributed by atoms with E-state index in [4.69, 9.17) is 23.2 Å². The van der Waals surface area contributed by atoms with Gasteiger partial charge < -0.3 is 5.73 Å². The summed E-state index contributed by atoms with van der Waals surface area (Å²) in [5, 5.41) is 2.20. The number of hydrogen-bond donors (Lipinski definition) is 2. The third-order valence-electron chi connectivity index (χ3n) is 1.88. The molecule has 0 fully saturated rings. The molecule has 3 nitrogen and oxygen atoms in total.